The molecule has 1 nitrogen and oxygen atoms in total. The fraction of sp³-hybridized carbons (Fsp3) is 0.143. The van der Waals surface area contributed by atoms with Crippen molar-refractivity contribution in [2.45, 2.75) is 6.92 Å². The van der Waals surface area contributed by atoms with Crippen molar-refractivity contribution in [3.05, 3.63) is 66.3 Å². The molecule has 1 aromatic rings. The summed E-state index contributed by atoms with van der Waals surface area (Å²) in [4.78, 5) is 0. The van der Waals surface area contributed by atoms with Crippen molar-refractivity contribution in [1.29, 1.82) is 0 Å². The van der Waals surface area contributed by atoms with E-state index in [1.165, 1.54) is 5.56 Å². The van der Waals surface area contributed by atoms with E-state index in [0.717, 1.165) is 11.1 Å². The highest BCUT2D eigenvalue weighted by Gasteiger charge is 1.96. The molecule has 0 aliphatic rings. The molecule has 1 rings (SSSR count). The average Bonchev–Trinajstić information content (AvgIpc) is 2.25. The van der Waals surface area contributed by atoms with Crippen LogP contribution in [0.2, 0.25) is 0 Å². The molecule has 0 aliphatic heterocycles. The third-order valence-corrected chi connectivity index (χ3v) is 2.11. The van der Waals surface area contributed by atoms with E-state index >= 15 is 0 Å². The summed E-state index contributed by atoms with van der Waals surface area (Å²) in [5.74, 6) is 0. The van der Waals surface area contributed by atoms with Crippen molar-refractivity contribution in [1.82, 2.24) is 0 Å². The lowest BCUT2D eigenvalue weighted by atomic mass is 10.0. The summed E-state index contributed by atoms with van der Waals surface area (Å²) in [6.07, 6.45) is 7.30. The van der Waals surface area contributed by atoms with E-state index in [1.54, 1.807) is 12.2 Å². The van der Waals surface area contributed by atoms with Crippen LogP contribution in [0.15, 0.2) is 55.1 Å². The quantitative estimate of drug-likeness (QED) is 0.740. The maximum Gasteiger partial charge on any atom is 0.0621 e. The first kappa shape index (κ1) is 11.5. The van der Waals surface area contributed by atoms with Crippen LogP contribution in [0.5, 0.6) is 0 Å². The van der Waals surface area contributed by atoms with Crippen LogP contribution in [-0.4, -0.2) is 11.7 Å². The minimum Gasteiger partial charge on any atom is -0.392 e. The van der Waals surface area contributed by atoms with Crippen LogP contribution in [0.4, 0.5) is 0 Å². The first-order valence-corrected chi connectivity index (χ1v) is 4.95. The normalized spacial score (nSPS) is 12.0. The first-order valence-electron chi connectivity index (χ1n) is 4.95. The summed E-state index contributed by atoms with van der Waals surface area (Å²) in [5, 5.41) is 8.92. The standard InChI is InChI=1S/C14H16O/c1-3-4-5-13(10-11-15)14-8-6-12(2)7-9-14/h3-10,15H,1,11H2,2H3/b5-4-,13-10+. The number of aliphatic hydroxyl groups excluding tert-OH is 1. The number of benzene rings is 1. The second kappa shape index (κ2) is 5.99. The van der Waals surface area contributed by atoms with Crippen LogP contribution in [0.1, 0.15) is 11.1 Å². The first-order chi connectivity index (χ1) is 7.27. The molecule has 0 spiro atoms. The van der Waals surface area contributed by atoms with Gasteiger partial charge in [0.25, 0.3) is 0 Å². The molecular weight excluding hydrogens is 184 g/mol. The molecule has 1 heteroatoms. The molecule has 0 aliphatic carbocycles. The Hall–Kier alpha value is -1.60. The molecule has 1 N–H and O–H groups in total. The average molecular weight is 200 g/mol. The highest BCUT2D eigenvalue weighted by atomic mass is 16.2. The molecule has 1 aromatic carbocycles. The molecule has 0 fully saturated rings. The van der Waals surface area contributed by atoms with Gasteiger partial charge in [0.15, 0.2) is 0 Å². The van der Waals surface area contributed by atoms with Crippen LogP contribution in [0.3, 0.4) is 0 Å². The molecule has 15 heavy (non-hydrogen) atoms. The lowest BCUT2D eigenvalue weighted by molar-refractivity contribution is 0.343. The van der Waals surface area contributed by atoms with E-state index in [1.807, 2.05) is 24.3 Å². The van der Waals surface area contributed by atoms with Gasteiger partial charge in [0.2, 0.25) is 0 Å². The second-order valence-electron chi connectivity index (χ2n) is 3.30. The Morgan fingerprint density at radius 3 is 2.53 bits per heavy atom. The number of hydrogen-bond donors (Lipinski definition) is 1. The van der Waals surface area contributed by atoms with Crippen molar-refractivity contribution in [3.8, 4) is 0 Å². The predicted octanol–water partition coefficient (Wildman–Crippen LogP) is 3.11. The Bertz CT molecular complexity index is 369. The van der Waals surface area contributed by atoms with Crippen molar-refractivity contribution in [2.75, 3.05) is 6.61 Å². The van der Waals surface area contributed by atoms with E-state index in [9.17, 15) is 0 Å². The van der Waals surface area contributed by atoms with Gasteiger partial charge in [-0.15, -0.1) is 0 Å². The Morgan fingerprint density at radius 2 is 2.00 bits per heavy atom. The fourth-order valence-corrected chi connectivity index (χ4v) is 1.30. The minimum atomic E-state index is 0.0463. The molecule has 78 valence electrons. The largest absolute Gasteiger partial charge is 0.392 e. The smallest absolute Gasteiger partial charge is 0.0621 e. The van der Waals surface area contributed by atoms with Gasteiger partial charge in [-0.05, 0) is 18.1 Å². The number of aryl methyl sites for hydroxylation is 1. The van der Waals surface area contributed by atoms with Crippen LogP contribution in [-0.2, 0) is 0 Å². The predicted molar refractivity (Wildman–Crippen MR) is 65.6 cm³/mol. The molecule has 0 heterocycles. The van der Waals surface area contributed by atoms with Gasteiger partial charge in [-0.25, -0.2) is 0 Å². The summed E-state index contributed by atoms with van der Waals surface area (Å²) in [6.45, 7) is 5.72. The van der Waals surface area contributed by atoms with Crippen LogP contribution in [0, 0.1) is 6.92 Å². The van der Waals surface area contributed by atoms with E-state index in [-0.39, 0.29) is 6.61 Å². The molecule has 0 saturated carbocycles. The van der Waals surface area contributed by atoms with E-state index in [4.69, 9.17) is 5.11 Å². The van der Waals surface area contributed by atoms with E-state index in [0.29, 0.717) is 0 Å². The lowest BCUT2D eigenvalue weighted by Gasteiger charge is -2.02. The number of aliphatic hydroxyl groups is 1. The summed E-state index contributed by atoms with van der Waals surface area (Å²) in [5.41, 5.74) is 3.35. The SMILES string of the molecule is C=C/C=C\C(=C/CO)c1ccc(C)cc1. The van der Waals surface area contributed by atoms with Gasteiger partial charge in [-0.2, -0.15) is 0 Å². The number of hydrogen-bond acceptors (Lipinski definition) is 1. The Kier molecular flexibility index (Phi) is 4.58. The van der Waals surface area contributed by atoms with Gasteiger partial charge in [-0.3, -0.25) is 0 Å². The van der Waals surface area contributed by atoms with Crippen molar-refractivity contribution in [3.63, 3.8) is 0 Å². The van der Waals surface area contributed by atoms with Gasteiger partial charge >= 0.3 is 0 Å². The molecule has 0 radical (unpaired) electrons. The molecule has 0 aromatic heterocycles. The van der Waals surface area contributed by atoms with Crippen LogP contribution >= 0.6 is 0 Å². The van der Waals surface area contributed by atoms with Crippen molar-refractivity contribution >= 4 is 5.57 Å². The van der Waals surface area contributed by atoms with E-state index in [2.05, 4.69) is 25.6 Å². The summed E-state index contributed by atoms with van der Waals surface area (Å²) in [6, 6.07) is 8.21. The summed E-state index contributed by atoms with van der Waals surface area (Å²) < 4.78 is 0. The summed E-state index contributed by atoms with van der Waals surface area (Å²) in [7, 11) is 0. The van der Waals surface area contributed by atoms with Gasteiger partial charge in [0.05, 0.1) is 6.61 Å². The third kappa shape index (κ3) is 3.56. The molecule has 0 unspecified atom stereocenters. The Balaban J connectivity index is 2.99. The zero-order valence-corrected chi connectivity index (χ0v) is 8.98. The maximum atomic E-state index is 8.92. The highest BCUT2D eigenvalue weighted by molar-refractivity contribution is 5.74. The molecule has 0 amide bonds. The Labute approximate surface area is 91.1 Å². The fourth-order valence-electron chi connectivity index (χ4n) is 1.30. The van der Waals surface area contributed by atoms with Crippen molar-refractivity contribution in [2.24, 2.45) is 0 Å². The molecule has 0 saturated heterocycles. The second-order valence-corrected chi connectivity index (χ2v) is 3.30. The topological polar surface area (TPSA) is 20.2 Å². The zero-order chi connectivity index (χ0) is 11.1. The highest BCUT2D eigenvalue weighted by Crippen LogP contribution is 2.16. The Morgan fingerprint density at radius 1 is 1.33 bits per heavy atom. The van der Waals surface area contributed by atoms with E-state index < -0.39 is 0 Å². The van der Waals surface area contributed by atoms with Crippen molar-refractivity contribution < 1.29 is 5.11 Å². The lowest BCUT2D eigenvalue weighted by Crippen LogP contribution is -1.84. The summed E-state index contributed by atoms with van der Waals surface area (Å²) >= 11 is 0. The van der Waals surface area contributed by atoms with Crippen LogP contribution in [0.25, 0.3) is 5.57 Å². The van der Waals surface area contributed by atoms with Gasteiger partial charge < -0.3 is 5.11 Å². The molecule has 0 bridgehead atoms. The maximum absolute atomic E-state index is 8.92. The number of rotatable bonds is 4. The monoisotopic (exact) mass is 200 g/mol. The van der Waals surface area contributed by atoms with Gasteiger partial charge in [0, 0.05) is 0 Å². The van der Waals surface area contributed by atoms with Crippen LogP contribution < -0.4 is 0 Å². The number of allylic oxidation sites excluding steroid dienone is 4. The van der Waals surface area contributed by atoms with Gasteiger partial charge in [0.1, 0.15) is 0 Å². The molecule has 0 atom stereocenters. The molecular formula is C14H16O. The zero-order valence-electron chi connectivity index (χ0n) is 8.98. The van der Waals surface area contributed by atoms with Gasteiger partial charge in [-0.1, -0.05) is 60.7 Å². The minimum absolute atomic E-state index is 0.0463. The third-order valence-electron chi connectivity index (χ3n) is 2.11.